The normalized spacial score (nSPS) is 12.2. The number of carbonyl (C=O) groups excluding carboxylic acids is 1. The van der Waals surface area contributed by atoms with Crippen molar-refractivity contribution in [3.63, 3.8) is 0 Å². The third-order valence-corrected chi connectivity index (χ3v) is 5.42. The van der Waals surface area contributed by atoms with Crippen molar-refractivity contribution in [3.8, 4) is 22.3 Å². The number of hydrogen-bond donors (Lipinski definition) is 0. The number of rotatable bonds is 0. The zero-order valence-corrected chi connectivity index (χ0v) is 16.3. The van der Waals surface area contributed by atoms with Crippen molar-refractivity contribution in [1.29, 1.82) is 0 Å². The molecule has 0 radical (unpaired) electrons. The first-order valence-electron chi connectivity index (χ1n) is 7.58. The van der Waals surface area contributed by atoms with E-state index in [0.29, 0.717) is 11.1 Å². The molecule has 2 nitrogen and oxygen atoms in total. The minimum Gasteiger partial charge on any atom is -0.289 e. The quantitative estimate of drug-likeness (QED) is 0.329. The van der Waals surface area contributed by atoms with E-state index in [0.717, 1.165) is 42.6 Å². The van der Waals surface area contributed by atoms with Crippen molar-refractivity contribution in [2.24, 2.45) is 0 Å². The van der Waals surface area contributed by atoms with E-state index >= 15 is 0 Å². The van der Waals surface area contributed by atoms with Gasteiger partial charge in [0.15, 0.2) is 5.78 Å². The number of ketones is 1. The maximum Gasteiger partial charge on any atom is 0.194 e. The van der Waals surface area contributed by atoms with Gasteiger partial charge in [-0.15, -0.1) is 0 Å². The van der Waals surface area contributed by atoms with Gasteiger partial charge >= 0.3 is 0 Å². The highest BCUT2D eigenvalue weighted by Gasteiger charge is 2.24. The predicted octanol–water partition coefficient (Wildman–Crippen LogP) is 6.10. The molecule has 1 aromatic heterocycles. The van der Waals surface area contributed by atoms with E-state index in [1.165, 1.54) is 0 Å². The van der Waals surface area contributed by atoms with Crippen LogP contribution in [0.15, 0.2) is 51.4 Å². The topological polar surface area (TPSA) is 30.0 Å². The molecule has 1 aliphatic rings. The Labute approximate surface area is 157 Å². The van der Waals surface area contributed by atoms with Crippen LogP contribution in [0, 0.1) is 13.8 Å². The van der Waals surface area contributed by atoms with E-state index in [1.807, 2.05) is 50.2 Å². The summed E-state index contributed by atoms with van der Waals surface area (Å²) in [4.78, 5) is 18.0. The van der Waals surface area contributed by atoms with Crippen molar-refractivity contribution in [3.05, 3.63) is 73.9 Å². The standard InChI is InChI=1S/C20H13Br2NO/c1-10-16-9-17(11(2)23-10)19-8-13(22)4-6-15(19)20(24)14-5-3-12(21)7-18(14)16/h3-9H,1-2H3. The molecular formula is C20H13Br2NO. The van der Waals surface area contributed by atoms with Gasteiger partial charge in [-0.25, -0.2) is 0 Å². The Morgan fingerprint density at radius 1 is 0.667 bits per heavy atom. The summed E-state index contributed by atoms with van der Waals surface area (Å²) in [6.45, 7) is 3.98. The van der Waals surface area contributed by atoms with Gasteiger partial charge in [0.1, 0.15) is 0 Å². The fraction of sp³-hybridized carbons (Fsp3) is 0.100. The van der Waals surface area contributed by atoms with Crippen molar-refractivity contribution >= 4 is 37.6 Å². The van der Waals surface area contributed by atoms with Crippen LogP contribution in [0.3, 0.4) is 0 Å². The molecule has 0 fully saturated rings. The molecule has 4 rings (SSSR count). The molecule has 1 aliphatic carbocycles. The number of benzene rings is 2. The summed E-state index contributed by atoms with van der Waals surface area (Å²) in [6, 6.07) is 13.8. The molecule has 3 aromatic rings. The van der Waals surface area contributed by atoms with Crippen molar-refractivity contribution < 1.29 is 4.79 Å². The summed E-state index contributed by atoms with van der Waals surface area (Å²) in [5, 5.41) is 0. The van der Waals surface area contributed by atoms with Gasteiger partial charge < -0.3 is 0 Å². The van der Waals surface area contributed by atoms with Crippen LogP contribution in [0.5, 0.6) is 0 Å². The van der Waals surface area contributed by atoms with E-state index in [9.17, 15) is 4.79 Å². The molecule has 24 heavy (non-hydrogen) atoms. The monoisotopic (exact) mass is 441 g/mol. The fourth-order valence-corrected chi connectivity index (χ4v) is 4.01. The summed E-state index contributed by atoms with van der Waals surface area (Å²) in [5.41, 5.74) is 7.14. The van der Waals surface area contributed by atoms with Crippen LogP contribution in [0.4, 0.5) is 0 Å². The van der Waals surface area contributed by atoms with Crippen LogP contribution < -0.4 is 0 Å². The van der Waals surface area contributed by atoms with Crippen LogP contribution in [0.1, 0.15) is 27.3 Å². The van der Waals surface area contributed by atoms with E-state index in [1.54, 1.807) is 0 Å². The molecule has 2 bridgehead atoms. The summed E-state index contributed by atoms with van der Waals surface area (Å²) >= 11 is 7.04. The van der Waals surface area contributed by atoms with Gasteiger partial charge in [-0.1, -0.05) is 31.9 Å². The molecule has 0 unspecified atom stereocenters. The largest absolute Gasteiger partial charge is 0.289 e. The average Bonchev–Trinajstić information content (AvgIpc) is 2.53. The van der Waals surface area contributed by atoms with Crippen molar-refractivity contribution in [2.75, 3.05) is 0 Å². The average molecular weight is 443 g/mol. The SMILES string of the molecule is Cc1nc(C)c2cc1-c1cc(Br)ccc1C(=O)c1ccc(Br)cc1-2. The lowest BCUT2D eigenvalue weighted by Gasteiger charge is -2.20. The maximum absolute atomic E-state index is 13.2. The Hall–Kier alpha value is -1.78. The molecule has 0 saturated carbocycles. The molecule has 1 heterocycles. The molecule has 0 amide bonds. The van der Waals surface area contributed by atoms with Crippen LogP contribution >= 0.6 is 31.9 Å². The van der Waals surface area contributed by atoms with Gasteiger partial charge in [-0.3, -0.25) is 9.78 Å². The number of aryl methyl sites for hydroxylation is 2. The van der Waals surface area contributed by atoms with Crippen LogP contribution in [0.2, 0.25) is 0 Å². The van der Waals surface area contributed by atoms with Gasteiger partial charge in [0, 0.05) is 42.6 Å². The number of pyridine rings is 1. The number of nitrogens with zero attached hydrogens (tertiary/aromatic N) is 1. The number of aromatic nitrogens is 1. The fourth-order valence-electron chi connectivity index (χ4n) is 3.29. The highest BCUT2D eigenvalue weighted by Crippen LogP contribution is 2.39. The van der Waals surface area contributed by atoms with Gasteiger partial charge in [0.25, 0.3) is 0 Å². The molecule has 4 heteroatoms. The molecule has 0 aliphatic heterocycles. The molecular weight excluding hydrogens is 430 g/mol. The third-order valence-electron chi connectivity index (χ3n) is 4.44. The molecule has 118 valence electrons. The lowest BCUT2D eigenvalue weighted by Crippen LogP contribution is -2.10. The van der Waals surface area contributed by atoms with E-state index in [-0.39, 0.29) is 5.78 Å². The number of carbonyl (C=O) groups is 1. The summed E-state index contributed by atoms with van der Waals surface area (Å²) in [5.74, 6) is 0.0469. The van der Waals surface area contributed by atoms with Crippen molar-refractivity contribution in [2.45, 2.75) is 13.8 Å². The zero-order chi connectivity index (χ0) is 17.0. The Kier molecular flexibility index (Phi) is 3.70. The van der Waals surface area contributed by atoms with Crippen LogP contribution in [-0.2, 0) is 0 Å². The summed E-state index contributed by atoms with van der Waals surface area (Å²) in [7, 11) is 0. The highest BCUT2D eigenvalue weighted by molar-refractivity contribution is 9.10. The maximum atomic E-state index is 13.2. The second-order valence-corrected chi connectivity index (χ2v) is 7.79. The van der Waals surface area contributed by atoms with E-state index in [2.05, 4.69) is 37.9 Å². The minimum atomic E-state index is 0.0469. The van der Waals surface area contributed by atoms with Crippen molar-refractivity contribution in [1.82, 2.24) is 4.98 Å². The molecule has 0 spiro atoms. The van der Waals surface area contributed by atoms with Gasteiger partial charge in [0.2, 0.25) is 0 Å². The number of halogens is 2. The molecule has 0 N–H and O–H groups in total. The number of fused-ring (bicyclic) bond motifs is 6. The lowest BCUT2D eigenvalue weighted by molar-refractivity contribution is 0.104. The first-order valence-corrected chi connectivity index (χ1v) is 9.17. The summed E-state index contributed by atoms with van der Waals surface area (Å²) in [6.07, 6.45) is 0. The Morgan fingerprint density at radius 2 is 1.12 bits per heavy atom. The molecule has 0 saturated heterocycles. The van der Waals surface area contributed by atoms with Crippen LogP contribution in [-0.4, -0.2) is 10.8 Å². The minimum absolute atomic E-state index is 0.0469. The first-order chi connectivity index (χ1) is 11.5. The summed E-state index contributed by atoms with van der Waals surface area (Å²) < 4.78 is 1.90. The second-order valence-electron chi connectivity index (χ2n) is 5.96. The lowest BCUT2D eigenvalue weighted by atomic mass is 9.85. The Morgan fingerprint density at radius 3 is 1.58 bits per heavy atom. The first kappa shape index (κ1) is 15.7. The van der Waals surface area contributed by atoms with Gasteiger partial charge in [-0.05, 0) is 67.4 Å². The predicted molar refractivity (Wildman–Crippen MR) is 103 cm³/mol. The molecule has 0 atom stereocenters. The third kappa shape index (κ3) is 2.36. The second kappa shape index (κ2) is 5.64. The van der Waals surface area contributed by atoms with E-state index < -0.39 is 0 Å². The number of hydrogen-bond acceptors (Lipinski definition) is 2. The zero-order valence-electron chi connectivity index (χ0n) is 13.2. The highest BCUT2D eigenvalue weighted by atomic mass is 79.9. The van der Waals surface area contributed by atoms with Gasteiger partial charge in [-0.2, -0.15) is 0 Å². The molecule has 2 aromatic carbocycles. The van der Waals surface area contributed by atoms with Crippen LogP contribution in [0.25, 0.3) is 22.3 Å². The van der Waals surface area contributed by atoms with E-state index in [4.69, 9.17) is 4.98 Å². The van der Waals surface area contributed by atoms with Gasteiger partial charge in [0.05, 0.1) is 0 Å². The smallest absolute Gasteiger partial charge is 0.194 e. The Bertz CT molecular complexity index is 948. The Balaban J connectivity index is 2.19.